The third kappa shape index (κ3) is 3.21. The third-order valence-electron chi connectivity index (χ3n) is 5.34. The first-order chi connectivity index (χ1) is 13.3. The van der Waals surface area contributed by atoms with Crippen molar-refractivity contribution in [2.45, 2.75) is 49.4 Å². The number of nitrogens with zero attached hydrogens (tertiary/aromatic N) is 2. The lowest BCUT2D eigenvalue weighted by atomic mass is 10.0. The summed E-state index contributed by atoms with van der Waals surface area (Å²) in [5, 5.41) is 0.119. The van der Waals surface area contributed by atoms with Gasteiger partial charge >= 0.3 is 0 Å². The molecular formula is C21H26N2O4S. The third-order valence-corrected chi connectivity index (χ3v) is 7.75. The number of pyridine rings is 1. The maximum Gasteiger partial charge on any atom is 0.200 e. The predicted molar refractivity (Wildman–Crippen MR) is 108 cm³/mol. The lowest BCUT2D eigenvalue weighted by molar-refractivity contribution is 0.169. The molecule has 1 aromatic carbocycles. The second-order valence-electron chi connectivity index (χ2n) is 8.19. The molecule has 4 rings (SSSR count). The zero-order valence-corrected chi connectivity index (χ0v) is 17.3. The number of hydrogen-bond acceptors (Lipinski definition) is 6. The molecule has 150 valence electrons. The molecule has 1 saturated heterocycles. The summed E-state index contributed by atoms with van der Waals surface area (Å²) in [6.07, 6.45) is 3.72. The van der Waals surface area contributed by atoms with Crippen molar-refractivity contribution < 1.29 is 17.9 Å². The summed E-state index contributed by atoms with van der Waals surface area (Å²) >= 11 is 0. The molecule has 1 aromatic heterocycles. The van der Waals surface area contributed by atoms with E-state index >= 15 is 0 Å². The highest BCUT2D eigenvalue weighted by molar-refractivity contribution is 7.92. The van der Waals surface area contributed by atoms with Gasteiger partial charge in [-0.1, -0.05) is 12.1 Å². The molecular weight excluding hydrogens is 376 g/mol. The number of hydrogen-bond donors (Lipinski definition) is 0. The van der Waals surface area contributed by atoms with E-state index in [1.807, 2.05) is 18.2 Å². The van der Waals surface area contributed by atoms with E-state index in [0.29, 0.717) is 13.2 Å². The number of rotatable bonds is 3. The average molecular weight is 403 g/mol. The van der Waals surface area contributed by atoms with Crippen LogP contribution in [0.25, 0.3) is 0 Å². The molecule has 1 fully saturated rings. The molecule has 2 aliphatic rings. The van der Waals surface area contributed by atoms with Gasteiger partial charge < -0.3 is 14.4 Å². The van der Waals surface area contributed by atoms with Crippen LogP contribution in [0.3, 0.4) is 0 Å². The molecule has 28 heavy (non-hydrogen) atoms. The Bertz CT molecular complexity index is 965. The first-order valence-corrected chi connectivity index (χ1v) is 11.1. The summed E-state index contributed by atoms with van der Waals surface area (Å²) in [5.74, 6) is 1.62. The maximum absolute atomic E-state index is 12.6. The minimum atomic E-state index is -3.46. The Morgan fingerprint density at radius 2 is 1.89 bits per heavy atom. The lowest BCUT2D eigenvalue weighted by Crippen LogP contribution is -2.29. The molecule has 0 spiro atoms. The molecule has 6 nitrogen and oxygen atoms in total. The van der Waals surface area contributed by atoms with Crippen molar-refractivity contribution in [1.29, 1.82) is 0 Å². The molecule has 2 aromatic rings. The first-order valence-electron chi connectivity index (χ1n) is 9.65. The van der Waals surface area contributed by atoms with Crippen LogP contribution in [-0.4, -0.2) is 37.9 Å². The van der Waals surface area contributed by atoms with Gasteiger partial charge in [0.1, 0.15) is 13.2 Å². The van der Waals surface area contributed by atoms with E-state index in [1.165, 1.54) is 0 Å². The normalized spacial score (nSPS) is 19.7. The molecule has 0 saturated carbocycles. The second-order valence-corrected chi connectivity index (χ2v) is 10.8. The largest absolute Gasteiger partial charge is 0.486 e. The van der Waals surface area contributed by atoms with Crippen LogP contribution in [0, 0.1) is 0 Å². The van der Waals surface area contributed by atoms with Gasteiger partial charge in [0.05, 0.1) is 22.7 Å². The second kappa shape index (κ2) is 6.95. The minimum absolute atomic E-state index is 0.119. The van der Waals surface area contributed by atoms with Crippen molar-refractivity contribution in [3.8, 4) is 11.5 Å². The van der Waals surface area contributed by atoms with Crippen LogP contribution < -0.4 is 14.4 Å². The first kappa shape index (κ1) is 19.1. The van der Waals surface area contributed by atoms with Crippen molar-refractivity contribution in [2.24, 2.45) is 0 Å². The summed E-state index contributed by atoms with van der Waals surface area (Å²) in [6, 6.07) is 9.65. The molecule has 0 bridgehead atoms. The molecule has 1 unspecified atom stereocenters. The number of fused-ring (bicyclic) bond motifs is 1. The number of anilines is 1. The van der Waals surface area contributed by atoms with Crippen molar-refractivity contribution in [3.05, 3.63) is 42.1 Å². The van der Waals surface area contributed by atoms with Gasteiger partial charge in [0.2, 0.25) is 0 Å². The van der Waals surface area contributed by atoms with Crippen LogP contribution in [0.1, 0.15) is 45.2 Å². The average Bonchev–Trinajstić information content (AvgIpc) is 3.16. The van der Waals surface area contributed by atoms with Gasteiger partial charge in [0, 0.05) is 12.1 Å². The van der Waals surface area contributed by atoms with Gasteiger partial charge in [-0.2, -0.15) is 0 Å². The number of aromatic nitrogens is 1. The maximum atomic E-state index is 12.6. The Kier molecular flexibility index (Phi) is 4.73. The smallest absolute Gasteiger partial charge is 0.200 e. The van der Waals surface area contributed by atoms with Crippen molar-refractivity contribution in [1.82, 2.24) is 4.98 Å². The van der Waals surface area contributed by atoms with Crippen LogP contribution in [0.2, 0.25) is 0 Å². The van der Waals surface area contributed by atoms with Gasteiger partial charge in [-0.05, 0) is 51.8 Å². The lowest BCUT2D eigenvalue weighted by Gasteiger charge is -2.30. The Balaban J connectivity index is 1.65. The summed E-state index contributed by atoms with van der Waals surface area (Å²) in [5.41, 5.74) is 2.03. The molecule has 3 heterocycles. The summed E-state index contributed by atoms with van der Waals surface area (Å²) in [6.45, 7) is 7.08. The number of benzene rings is 1. The molecule has 0 radical (unpaired) electrons. The number of para-hydroxylation sites is 1. The Labute approximate surface area is 166 Å². The van der Waals surface area contributed by atoms with Crippen LogP contribution in [0.15, 0.2) is 41.6 Å². The standard InChI is InChI=1S/C21H26N2O4S/c1-21(2,3)28(24,25)19-10-9-15(14-22-19)23-11-5-7-17(23)16-6-4-8-18-20(16)27-13-12-26-18/h4,6,8-10,14,17H,5,7,11-13H2,1-3H3. The fourth-order valence-electron chi connectivity index (χ4n) is 3.77. The molecule has 2 aliphatic heterocycles. The van der Waals surface area contributed by atoms with Crippen molar-refractivity contribution >= 4 is 15.5 Å². The van der Waals surface area contributed by atoms with E-state index in [0.717, 1.165) is 42.1 Å². The summed E-state index contributed by atoms with van der Waals surface area (Å²) in [7, 11) is -3.46. The Morgan fingerprint density at radius 1 is 1.11 bits per heavy atom. The SMILES string of the molecule is CC(C)(C)S(=O)(=O)c1ccc(N2CCCC2c2cccc3c2OCCO3)cn1. The van der Waals surface area contributed by atoms with E-state index in [-0.39, 0.29) is 11.1 Å². The van der Waals surface area contributed by atoms with E-state index in [4.69, 9.17) is 9.47 Å². The predicted octanol–water partition coefficient (Wildman–Crippen LogP) is 3.77. The van der Waals surface area contributed by atoms with Gasteiger partial charge in [-0.15, -0.1) is 0 Å². The molecule has 7 heteroatoms. The highest BCUT2D eigenvalue weighted by Crippen LogP contribution is 2.44. The van der Waals surface area contributed by atoms with Crippen LogP contribution in [0.5, 0.6) is 11.5 Å². The molecule has 1 atom stereocenters. The van der Waals surface area contributed by atoms with Crippen LogP contribution in [0.4, 0.5) is 5.69 Å². The number of sulfone groups is 1. The van der Waals surface area contributed by atoms with Crippen LogP contribution in [-0.2, 0) is 9.84 Å². The van der Waals surface area contributed by atoms with Crippen LogP contribution >= 0.6 is 0 Å². The van der Waals surface area contributed by atoms with Gasteiger partial charge in [0.15, 0.2) is 26.4 Å². The quantitative estimate of drug-likeness (QED) is 0.779. The van der Waals surface area contributed by atoms with E-state index in [2.05, 4.69) is 16.0 Å². The highest BCUT2D eigenvalue weighted by Gasteiger charge is 2.34. The summed E-state index contributed by atoms with van der Waals surface area (Å²) < 4.78 is 36.0. The molecule has 0 amide bonds. The summed E-state index contributed by atoms with van der Waals surface area (Å²) in [4.78, 5) is 6.56. The molecule has 0 N–H and O–H groups in total. The fourth-order valence-corrected chi connectivity index (χ4v) is 4.84. The van der Waals surface area contributed by atoms with E-state index in [1.54, 1.807) is 33.0 Å². The zero-order valence-electron chi connectivity index (χ0n) is 16.5. The fraction of sp³-hybridized carbons (Fsp3) is 0.476. The zero-order chi connectivity index (χ0) is 19.9. The van der Waals surface area contributed by atoms with Gasteiger partial charge in [-0.25, -0.2) is 13.4 Å². The van der Waals surface area contributed by atoms with Crippen molar-refractivity contribution in [2.75, 3.05) is 24.7 Å². The molecule has 0 aliphatic carbocycles. The number of ether oxygens (including phenoxy) is 2. The monoisotopic (exact) mass is 402 g/mol. The van der Waals surface area contributed by atoms with E-state index < -0.39 is 14.6 Å². The van der Waals surface area contributed by atoms with Crippen molar-refractivity contribution in [3.63, 3.8) is 0 Å². The topological polar surface area (TPSA) is 68.7 Å². The highest BCUT2D eigenvalue weighted by atomic mass is 32.2. The van der Waals surface area contributed by atoms with Gasteiger partial charge in [0.25, 0.3) is 0 Å². The minimum Gasteiger partial charge on any atom is -0.486 e. The van der Waals surface area contributed by atoms with E-state index in [9.17, 15) is 8.42 Å². The Morgan fingerprint density at radius 3 is 2.61 bits per heavy atom. The van der Waals surface area contributed by atoms with Gasteiger partial charge in [-0.3, -0.25) is 0 Å². The Hall–Kier alpha value is -2.28.